The minimum atomic E-state index is 0.159. The molecule has 3 aromatic rings. The van der Waals surface area contributed by atoms with Crippen LogP contribution in [0.1, 0.15) is 47.5 Å². The molecule has 1 aliphatic heterocycles. The van der Waals surface area contributed by atoms with Crippen LogP contribution in [0.5, 0.6) is 0 Å². The molecule has 0 spiro atoms. The van der Waals surface area contributed by atoms with Crippen LogP contribution in [0, 0.1) is 0 Å². The Labute approximate surface area is 192 Å². The Morgan fingerprint density at radius 2 is 1.61 bits per heavy atom. The van der Waals surface area contributed by atoms with E-state index >= 15 is 0 Å². The maximum absolute atomic E-state index is 6.02. The van der Waals surface area contributed by atoms with Gasteiger partial charge in [0.2, 0.25) is 0 Å². The van der Waals surface area contributed by atoms with Gasteiger partial charge in [-0.05, 0) is 63.9 Å². The van der Waals surface area contributed by atoms with Gasteiger partial charge in [-0.15, -0.1) is 0 Å². The summed E-state index contributed by atoms with van der Waals surface area (Å²) in [5.41, 5.74) is 3.40. The zero-order valence-electron chi connectivity index (χ0n) is 19.4. The van der Waals surface area contributed by atoms with Gasteiger partial charge in [-0.1, -0.05) is 43.6 Å². The number of nitrogens with one attached hydrogen (secondary N) is 2. The number of fused-ring (bicyclic) bond motifs is 1. The molecule has 2 aromatic carbocycles. The summed E-state index contributed by atoms with van der Waals surface area (Å²) in [6.45, 7) is 12.8. The molecule has 0 radical (unpaired) electrons. The molecule has 2 N–H and O–H groups in total. The summed E-state index contributed by atoms with van der Waals surface area (Å²) in [6.07, 6.45) is 2.29. The first kappa shape index (κ1) is 23.4. The van der Waals surface area contributed by atoms with E-state index in [4.69, 9.17) is 16.6 Å². The summed E-state index contributed by atoms with van der Waals surface area (Å²) in [5, 5.41) is 9.12. The highest BCUT2D eigenvalue weighted by Gasteiger charge is 2.24. The third kappa shape index (κ3) is 6.34. The molecule has 166 valence electrons. The molecule has 0 unspecified atom stereocenters. The Kier molecular flexibility index (Phi) is 7.79. The van der Waals surface area contributed by atoms with Gasteiger partial charge in [-0.2, -0.15) is 0 Å². The van der Waals surface area contributed by atoms with Gasteiger partial charge in [-0.25, -0.2) is 4.98 Å². The number of pyridine rings is 1. The van der Waals surface area contributed by atoms with Crippen molar-refractivity contribution in [2.45, 2.75) is 59.0 Å². The average Bonchev–Trinajstić information content (AvgIpc) is 2.76. The van der Waals surface area contributed by atoms with Gasteiger partial charge in [0.05, 0.1) is 5.52 Å². The van der Waals surface area contributed by atoms with Crippen LogP contribution in [-0.2, 0) is 0 Å². The summed E-state index contributed by atoms with van der Waals surface area (Å²) in [5.74, 6) is 0.857. The van der Waals surface area contributed by atoms with E-state index in [0.717, 1.165) is 48.0 Å². The normalized spacial score (nSPS) is 14.8. The third-order valence-corrected chi connectivity index (χ3v) is 5.54. The van der Waals surface area contributed by atoms with Crippen molar-refractivity contribution in [1.29, 1.82) is 0 Å². The third-order valence-electron chi connectivity index (χ3n) is 5.28. The van der Waals surface area contributed by atoms with Crippen LogP contribution in [0.4, 0.5) is 17.2 Å². The van der Waals surface area contributed by atoms with Gasteiger partial charge < -0.3 is 15.5 Å². The van der Waals surface area contributed by atoms with E-state index < -0.39 is 0 Å². The number of benzene rings is 2. The van der Waals surface area contributed by atoms with Crippen molar-refractivity contribution >= 4 is 39.7 Å². The van der Waals surface area contributed by atoms with Crippen molar-refractivity contribution in [1.82, 2.24) is 10.3 Å². The zero-order valence-corrected chi connectivity index (χ0v) is 20.1. The lowest BCUT2D eigenvalue weighted by atomic mass is 9.99. The Balaban J connectivity index is 0.00000132. The molecule has 1 aliphatic rings. The second-order valence-corrected chi connectivity index (χ2v) is 9.27. The van der Waals surface area contributed by atoms with Crippen molar-refractivity contribution in [3.05, 3.63) is 59.6 Å². The molecule has 2 heterocycles. The first-order valence-electron chi connectivity index (χ1n) is 11.3. The lowest BCUT2D eigenvalue weighted by Gasteiger charge is -2.37. The monoisotopic (exact) mass is 438 g/mol. The molecule has 0 aliphatic carbocycles. The Hall–Kier alpha value is -2.30. The number of hydrogen-bond donors (Lipinski definition) is 2. The molecule has 1 aromatic heterocycles. The van der Waals surface area contributed by atoms with Gasteiger partial charge in [0.25, 0.3) is 0 Å². The van der Waals surface area contributed by atoms with E-state index in [1.54, 1.807) is 0 Å². The first-order valence-corrected chi connectivity index (χ1v) is 11.7. The van der Waals surface area contributed by atoms with Crippen LogP contribution in [0.2, 0.25) is 5.02 Å². The van der Waals surface area contributed by atoms with Crippen molar-refractivity contribution in [3.8, 4) is 0 Å². The number of para-hydroxylation sites is 1. The predicted molar refractivity (Wildman–Crippen MR) is 136 cm³/mol. The van der Waals surface area contributed by atoms with Crippen molar-refractivity contribution in [3.63, 3.8) is 0 Å². The van der Waals surface area contributed by atoms with Gasteiger partial charge in [-0.3, -0.25) is 0 Å². The molecule has 31 heavy (non-hydrogen) atoms. The molecule has 1 fully saturated rings. The summed E-state index contributed by atoms with van der Waals surface area (Å²) in [6, 6.07) is 18.9. The fourth-order valence-electron chi connectivity index (χ4n) is 4.04. The molecule has 1 saturated heterocycles. The molecule has 0 saturated carbocycles. The van der Waals surface area contributed by atoms with Gasteiger partial charge in [0.15, 0.2) is 0 Å². The molecule has 0 amide bonds. The number of hydrogen-bond acceptors (Lipinski definition) is 4. The minimum Gasteiger partial charge on any atom is -0.371 e. The second kappa shape index (κ2) is 10.3. The van der Waals surface area contributed by atoms with E-state index in [1.807, 2.05) is 44.2 Å². The fourth-order valence-corrected chi connectivity index (χ4v) is 4.17. The molecule has 4 nitrogen and oxygen atoms in total. The first-order chi connectivity index (χ1) is 14.9. The minimum absolute atomic E-state index is 0.159. The van der Waals surface area contributed by atoms with E-state index in [-0.39, 0.29) is 5.54 Å². The zero-order chi connectivity index (χ0) is 22.4. The standard InChI is InChI=1S/C24H29ClN4.C2H6/c1-24(2,3)28-19-12-14-29(15-13-19)22-16-23(26-18-10-8-17(25)9-11-18)27-21-7-5-4-6-20(21)22;1-2/h4-11,16,19,28H,12-15H2,1-3H3,(H,26,27);1-2H3. The Morgan fingerprint density at radius 3 is 2.26 bits per heavy atom. The van der Waals surface area contributed by atoms with E-state index in [9.17, 15) is 0 Å². The number of piperidine rings is 1. The van der Waals surface area contributed by atoms with Gasteiger partial charge in [0, 0.05) is 52.5 Å². The highest BCUT2D eigenvalue weighted by molar-refractivity contribution is 6.30. The number of anilines is 3. The SMILES string of the molecule is CC.CC(C)(C)NC1CCN(c2cc(Nc3ccc(Cl)cc3)nc3ccccc23)CC1. The maximum atomic E-state index is 6.02. The summed E-state index contributed by atoms with van der Waals surface area (Å²) in [4.78, 5) is 7.33. The fraction of sp³-hybridized carbons (Fsp3) is 0.423. The van der Waals surface area contributed by atoms with Crippen LogP contribution in [0.25, 0.3) is 10.9 Å². The number of nitrogens with zero attached hydrogens (tertiary/aromatic N) is 2. The lowest BCUT2D eigenvalue weighted by molar-refractivity contribution is 0.317. The Bertz CT molecular complexity index is 971. The van der Waals surface area contributed by atoms with Gasteiger partial charge >= 0.3 is 0 Å². The molecule has 0 bridgehead atoms. The van der Waals surface area contributed by atoms with Crippen LogP contribution in [-0.4, -0.2) is 29.7 Å². The number of aromatic nitrogens is 1. The largest absolute Gasteiger partial charge is 0.371 e. The molecular formula is C26H35ClN4. The Morgan fingerprint density at radius 1 is 0.968 bits per heavy atom. The van der Waals surface area contributed by atoms with Crippen molar-refractivity contribution < 1.29 is 0 Å². The number of rotatable bonds is 4. The van der Waals surface area contributed by atoms with Crippen LogP contribution in [0.3, 0.4) is 0 Å². The quantitative estimate of drug-likeness (QED) is 0.459. The number of halogens is 1. The molecular weight excluding hydrogens is 404 g/mol. The second-order valence-electron chi connectivity index (χ2n) is 8.83. The maximum Gasteiger partial charge on any atom is 0.133 e. The molecule has 5 heteroatoms. The predicted octanol–water partition coefficient (Wildman–Crippen LogP) is 7.01. The molecule has 4 rings (SSSR count). The van der Waals surface area contributed by atoms with Crippen molar-refractivity contribution in [2.75, 3.05) is 23.3 Å². The summed E-state index contributed by atoms with van der Waals surface area (Å²) >= 11 is 6.02. The van der Waals surface area contributed by atoms with Gasteiger partial charge in [0.1, 0.15) is 5.82 Å². The van der Waals surface area contributed by atoms with E-state index in [1.165, 1.54) is 11.1 Å². The smallest absolute Gasteiger partial charge is 0.133 e. The lowest BCUT2D eigenvalue weighted by Crippen LogP contribution is -2.49. The van der Waals surface area contributed by atoms with E-state index in [2.05, 4.69) is 60.6 Å². The summed E-state index contributed by atoms with van der Waals surface area (Å²) < 4.78 is 0. The van der Waals surface area contributed by atoms with Crippen LogP contribution in [0.15, 0.2) is 54.6 Å². The highest BCUT2D eigenvalue weighted by atomic mass is 35.5. The molecule has 0 atom stereocenters. The topological polar surface area (TPSA) is 40.2 Å². The van der Waals surface area contributed by atoms with Crippen LogP contribution >= 0.6 is 11.6 Å². The van der Waals surface area contributed by atoms with Crippen molar-refractivity contribution in [2.24, 2.45) is 0 Å². The summed E-state index contributed by atoms with van der Waals surface area (Å²) in [7, 11) is 0. The van der Waals surface area contributed by atoms with Crippen LogP contribution < -0.4 is 15.5 Å². The highest BCUT2D eigenvalue weighted by Crippen LogP contribution is 2.32. The average molecular weight is 439 g/mol. The van der Waals surface area contributed by atoms with E-state index in [0.29, 0.717) is 6.04 Å².